The summed E-state index contributed by atoms with van der Waals surface area (Å²) < 4.78 is 28.4. The van der Waals surface area contributed by atoms with Gasteiger partial charge in [0, 0.05) is 17.0 Å². The molecule has 0 amide bonds. The van der Waals surface area contributed by atoms with Crippen LogP contribution in [0.2, 0.25) is 0 Å². The SMILES string of the molecule is CS(=O)(=O)Oc1cccc2c1C[C@H]1NCC[C@@]23CCCC[C@@H]13. The molecule has 3 aliphatic rings. The Morgan fingerprint density at radius 3 is 2.95 bits per heavy atom. The molecule has 0 radical (unpaired) electrons. The third-order valence-corrected chi connectivity index (χ3v) is 6.38. The van der Waals surface area contributed by atoms with Crippen LogP contribution in [-0.2, 0) is 22.0 Å². The summed E-state index contributed by atoms with van der Waals surface area (Å²) in [4.78, 5) is 0. The zero-order chi connectivity index (χ0) is 15.4. The fourth-order valence-electron chi connectivity index (χ4n) is 5.17. The molecule has 2 fully saturated rings. The molecule has 5 heteroatoms. The van der Waals surface area contributed by atoms with Crippen LogP contribution in [0.25, 0.3) is 0 Å². The van der Waals surface area contributed by atoms with E-state index in [4.69, 9.17) is 4.18 Å². The summed E-state index contributed by atoms with van der Waals surface area (Å²) in [5, 5.41) is 3.67. The van der Waals surface area contributed by atoms with Crippen molar-refractivity contribution in [2.45, 2.75) is 50.0 Å². The smallest absolute Gasteiger partial charge is 0.306 e. The minimum absolute atomic E-state index is 0.235. The van der Waals surface area contributed by atoms with Crippen molar-refractivity contribution in [1.29, 1.82) is 0 Å². The molecule has 1 N–H and O–H groups in total. The Labute approximate surface area is 132 Å². The third-order valence-electron chi connectivity index (χ3n) is 5.90. The number of rotatable bonds is 2. The summed E-state index contributed by atoms with van der Waals surface area (Å²) in [5.41, 5.74) is 2.71. The number of nitrogens with one attached hydrogen (secondary N) is 1. The van der Waals surface area contributed by atoms with Crippen LogP contribution < -0.4 is 9.50 Å². The standard InChI is InChI=1S/C17H23NO3S/c1-22(19,20)21-16-7-4-6-13-12(16)11-15-14-5-2-3-8-17(13,14)9-10-18-15/h4,6-7,14-15,18H,2-3,5,8-11H2,1H3/t14-,15+,17-/m0/s1. The van der Waals surface area contributed by atoms with E-state index in [9.17, 15) is 8.42 Å². The van der Waals surface area contributed by atoms with E-state index in [0.29, 0.717) is 17.7 Å². The maximum Gasteiger partial charge on any atom is 0.306 e. The molecule has 22 heavy (non-hydrogen) atoms. The topological polar surface area (TPSA) is 55.4 Å². The van der Waals surface area contributed by atoms with E-state index in [1.54, 1.807) is 6.07 Å². The minimum Gasteiger partial charge on any atom is -0.382 e. The van der Waals surface area contributed by atoms with Gasteiger partial charge in [0.25, 0.3) is 0 Å². The molecule has 0 spiro atoms. The Kier molecular flexibility index (Phi) is 3.28. The summed E-state index contributed by atoms with van der Waals surface area (Å²) in [6, 6.07) is 6.44. The quantitative estimate of drug-likeness (QED) is 0.850. The molecule has 1 saturated carbocycles. The van der Waals surface area contributed by atoms with Crippen LogP contribution in [0.4, 0.5) is 0 Å². The normalized spacial score (nSPS) is 33.7. The second-order valence-electron chi connectivity index (χ2n) is 7.09. The van der Waals surface area contributed by atoms with Gasteiger partial charge in [-0.05, 0) is 49.8 Å². The van der Waals surface area contributed by atoms with Gasteiger partial charge >= 0.3 is 10.1 Å². The fraction of sp³-hybridized carbons (Fsp3) is 0.647. The number of benzene rings is 1. The van der Waals surface area contributed by atoms with Crippen LogP contribution in [0.5, 0.6) is 5.75 Å². The van der Waals surface area contributed by atoms with Gasteiger partial charge in [0.1, 0.15) is 5.75 Å². The maximum atomic E-state index is 11.6. The first-order valence-corrected chi connectivity index (χ1v) is 10.1. The summed E-state index contributed by atoms with van der Waals surface area (Å²) in [6.45, 7) is 1.07. The Morgan fingerprint density at radius 1 is 1.27 bits per heavy atom. The first-order chi connectivity index (χ1) is 10.5. The molecule has 1 aromatic carbocycles. The van der Waals surface area contributed by atoms with Gasteiger partial charge < -0.3 is 9.50 Å². The molecular weight excluding hydrogens is 298 g/mol. The molecule has 4 nitrogen and oxygen atoms in total. The van der Waals surface area contributed by atoms with Crippen LogP contribution >= 0.6 is 0 Å². The highest BCUT2D eigenvalue weighted by Gasteiger charge is 2.52. The van der Waals surface area contributed by atoms with E-state index in [2.05, 4.69) is 11.4 Å². The molecule has 2 bridgehead atoms. The first-order valence-electron chi connectivity index (χ1n) is 8.25. The summed E-state index contributed by atoms with van der Waals surface area (Å²) in [5.74, 6) is 1.23. The summed E-state index contributed by atoms with van der Waals surface area (Å²) in [6.07, 6.45) is 8.27. The van der Waals surface area contributed by atoms with E-state index >= 15 is 0 Å². The largest absolute Gasteiger partial charge is 0.382 e. The molecule has 3 atom stereocenters. The van der Waals surface area contributed by atoms with Crippen molar-refractivity contribution in [3.63, 3.8) is 0 Å². The van der Waals surface area contributed by atoms with Crippen LogP contribution in [-0.4, -0.2) is 27.3 Å². The van der Waals surface area contributed by atoms with E-state index < -0.39 is 10.1 Å². The number of hydrogen-bond acceptors (Lipinski definition) is 4. The van der Waals surface area contributed by atoms with Crippen molar-refractivity contribution in [3.05, 3.63) is 29.3 Å². The zero-order valence-corrected chi connectivity index (χ0v) is 13.8. The average molecular weight is 321 g/mol. The van der Waals surface area contributed by atoms with Crippen molar-refractivity contribution in [2.75, 3.05) is 12.8 Å². The van der Waals surface area contributed by atoms with Gasteiger partial charge in [-0.15, -0.1) is 0 Å². The van der Waals surface area contributed by atoms with E-state index in [0.717, 1.165) is 31.2 Å². The first kappa shape index (κ1) is 14.5. The molecular formula is C17H23NO3S. The molecule has 1 saturated heterocycles. The monoisotopic (exact) mass is 321 g/mol. The van der Waals surface area contributed by atoms with E-state index in [1.165, 1.54) is 31.2 Å². The summed E-state index contributed by atoms with van der Waals surface area (Å²) >= 11 is 0. The van der Waals surface area contributed by atoms with E-state index in [-0.39, 0.29) is 5.41 Å². The Balaban J connectivity index is 1.86. The molecule has 120 valence electrons. The lowest BCUT2D eigenvalue weighted by Crippen LogP contribution is -2.59. The second kappa shape index (κ2) is 4.96. The highest BCUT2D eigenvalue weighted by molar-refractivity contribution is 7.86. The van der Waals surface area contributed by atoms with Gasteiger partial charge in [-0.25, -0.2) is 0 Å². The molecule has 1 aliphatic heterocycles. The number of hydrogen-bond donors (Lipinski definition) is 1. The Bertz CT molecular complexity index is 696. The van der Waals surface area contributed by atoms with Gasteiger partial charge in [-0.2, -0.15) is 8.42 Å². The predicted molar refractivity (Wildman–Crippen MR) is 85.7 cm³/mol. The maximum absolute atomic E-state index is 11.6. The van der Waals surface area contributed by atoms with Crippen LogP contribution in [0.1, 0.15) is 43.2 Å². The van der Waals surface area contributed by atoms with E-state index in [1.807, 2.05) is 6.07 Å². The van der Waals surface area contributed by atoms with Crippen molar-refractivity contribution in [3.8, 4) is 5.75 Å². The summed E-state index contributed by atoms with van der Waals surface area (Å²) in [7, 11) is -3.49. The molecule has 2 aliphatic carbocycles. The highest BCUT2D eigenvalue weighted by Crippen LogP contribution is 2.55. The molecule has 4 rings (SSSR count). The molecule has 0 aromatic heterocycles. The van der Waals surface area contributed by atoms with Crippen molar-refractivity contribution in [2.24, 2.45) is 5.92 Å². The number of piperidine rings is 1. The average Bonchev–Trinajstić information content (AvgIpc) is 2.46. The molecule has 1 heterocycles. The van der Waals surface area contributed by atoms with Crippen molar-refractivity contribution >= 4 is 10.1 Å². The Morgan fingerprint density at radius 2 is 2.14 bits per heavy atom. The van der Waals surface area contributed by atoms with Crippen molar-refractivity contribution < 1.29 is 12.6 Å². The lowest BCUT2D eigenvalue weighted by Gasteiger charge is -2.56. The second-order valence-corrected chi connectivity index (χ2v) is 8.67. The third kappa shape index (κ3) is 2.17. The van der Waals surface area contributed by atoms with Crippen LogP contribution in [0.3, 0.4) is 0 Å². The fourth-order valence-corrected chi connectivity index (χ4v) is 5.66. The lowest BCUT2D eigenvalue weighted by molar-refractivity contribution is 0.0792. The minimum atomic E-state index is -3.49. The van der Waals surface area contributed by atoms with Crippen LogP contribution in [0.15, 0.2) is 18.2 Å². The van der Waals surface area contributed by atoms with Crippen molar-refractivity contribution in [1.82, 2.24) is 5.32 Å². The zero-order valence-electron chi connectivity index (χ0n) is 13.0. The van der Waals surface area contributed by atoms with Gasteiger partial charge in [-0.3, -0.25) is 0 Å². The lowest BCUT2D eigenvalue weighted by atomic mass is 9.53. The van der Waals surface area contributed by atoms with Gasteiger partial charge in [-0.1, -0.05) is 25.0 Å². The van der Waals surface area contributed by atoms with Gasteiger partial charge in [0.15, 0.2) is 0 Å². The van der Waals surface area contributed by atoms with Gasteiger partial charge in [0.05, 0.1) is 6.26 Å². The van der Waals surface area contributed by atoms with Crippen LogP contribution in [0, 0.1) is 5.92 Å². The highest BCUT2D eigenvalue weighted by atomic mass is 32.2. The Hall–Kier alpha value is -1.07. The predicted octanol–water partition coefficient (Wildman–Crippen LogP) is 2.37. The number of fused-ring (bicyclic) bond motifs is 1. The molecule has 0 unspecified atom stereocenters. The molecule has 1 aromatic rings. The van der Waals surface area contributed by atoms with Gasteiger partial charge in [0.2, 0.25) is 0 Å².